The largest absolute Gasteiger partial charge is 0.468 e. The van der Waals surface area contributed by atoms with Crippen LogP contribution < -0.4 is 14.8 Å². The highest BCUT2D eigenvalue weighted by atomic mass is 16.7. The number of carbonyl (C=O) groups is 1. The van der Waals surface area contributed by atoms with E-state index in [2.05, 4.69) is 11.9 Å². The Kier molecular flexibility index (Phi) is 8.35. The van der Waals surface area contributed by atoms with Gasteiger partial charge in [-0.25, -0.2) is 0 Å². The fourth-order valence-corrected chi connectivity index (χ4v) is 2.47. The summed E-state index contributed by atoms with van der Waals surface area (Å²) >= 11 is 0. The molecule has 0 saturated heterocycles. The highest BCUT2D eigenvalue weighted by molar-refractivity contribution is 5.86. The van der Waals surface area contributed by atoms with Crippen LogP contribution >= 0.6 is 0 Å². The van der Waals surface area contributed by atoms with Gasteiger partial charge in [-0.15, -0.1) is 0 Å². The van der Waals surface area contributed by atoms with Gasteiger partial charge in [-0.3, -0.25) is 4.79 Å². The highest BCUT2D eigenvalue weighted by Crippen LogP contribution is 2.21. The summed E-state index contributed by atoms with van der Waals surface area (Å²) in [5.41, 5.74) is 3.13. The molecular formula is C21H25NO5. The van der Waals surface area contributed by atoms with Gasteiger partial charge in [0.1, 0.15) is 11.5 Å². The summed E-state index contributed by atoms with van der Waals surface area (Å²) in [6.45, 7) is 4.23. The van der Waals surface area contributed by atoms with Crippen LogP contribution in [0.4, 0.5) is 0 Å². The number of nitrogens with one attached hydrogen (secondary N) is 1. The van der Waals surface area contributed by atoms with E-state index in [9.17, 15) is 4.79 Å². The van der Waals surface area contributed by atoms with Gasteiger partial charge in [0, 0.05) is 20.8 Å². The first-order valence-corrected chi connectivity index (χ1v) is 8.50. The Hall–Kier alpha value is -2.83. The van der Waals surface area contributed by atoms with Crippen LogP contribution in [-0.2, 0) is 27.2 Å². The van der Waals surface area contributed by atoms with E-state index in [1.54, 1.807) is 14.2 Å². The number of hydrogen-bond acceptors (Lipinski definition) is 5. The molecule has 1 N–H and O–H groups in total. The third-order valence-corrected chi connectivity index (χ3v) is 3.70. The minimum Gasteiger partial charge on any atom is -0.468 e. The smallest absolute Gasteiger partial charge is 0.243 e. The molecule has 0 aromatic heterocycles. The van der Waals surface area contributed by atoms with Crippen molar-refractivity contribution >= 4 is 5.91 Å². The van der Waals surface area contributed by atoms with Crippen molar-refractivity contribution < 1.29 is 23.7 Å². The van der Waals surface area contributed by atoms with Crippen LogP contribution in [0, 0.1) is 0 Å². The summed E-state index contributed by atoms with van der Waals surface area (Å²) in [7, 11) is 3.16. The fourth-order valence-electron chi connectivity index (χ4n) is 2.47. The van der Waals surface area contributed by atoms with E-state index in [1.807, 2.05) is 42.5 Å². The fraction of sp³-hybridized carbons (Fsp3) is 0.286. The summed E-state index contributed by atoms with van der Waals surface area (Å²) in [5.74, 6) is 1.23. The first kappa shape index (κ1) is 20.5. The van der Waals surface area contributed by atoms with Gasteiger partial charge in [-0.05, 0) is 53.5 Å². The lowest BCUT2D eigenvalue weighted by Gasteiger charge is -2.12. The minimum atomic E-state index is -0.216. The van der Waals surface area contributed by atoms with Gasteiger partial charge in [0.2, 0.25) is 5.91 Å². The molecule has 0 atom stereocenters. The summed E-state index contributed by atoms with van der Waals surface area (Å²) in [5, 5.41) is 2.78. The zero-order chi connectivity index (χ0) is 19.5. The maximum Gasteiger partial charge on any atom is 0.243 e. The Morgan fingerprint density at radius 1 is 0.926 bits per heavy atom. The van der Waals surface area contributed by atoms with E-state index in [-0.39, 0.29) is 19.5 Å². The zero-order valence-corrected chi connectivity index (χ0v) is 15.7. The monoisotopic (exact) mass is 371 g/mol. The molecule has 1 amide bonds. The van der Waals surface area contributed by atoms with Gasteiger partial charge in [0.05, 0.1) is 0 Å². The van der Waals surface area contributed by atoms with Gasteiger partial charge in [-0.2, -0.15) is 0 Å². The molecule has 0 spiro atoms. The average Bonchev–Trinajstić information content (AvgIpc) is 2.69. The molecule has 0 radical (unpaired) electrons. The lowest BCUT2D eigenvalue weighted by atomic mass is 10.0. The third-order valence-electron chi connectivity index (χ3n) is 3.70. The molecule has 2 aromatic carbocycles. The third kappa shape index (κ3) is 7.13. The first-order chi connectivity index (χ1) is 13.1. The molecule has 0 aliphatic rings. The van der Waals surface area contributed by atoms with Gasteiger partial charge >= 0.3 is 0 Å². The molecule has 0 aliphatic carbocycles. The zero-order valence-electron chi connectivity index (χ0n) is 15.7. The molecule has 2 aromatic rings. The summed E-state index contributed by atoms with van der Waals surface area (Å²) < 4.78 is 20.9. The second-order valence-corrected chi connectivity index (χ2v) is 5.83. The number of methoxy groups -OCH3 is 2. The molecule has 2 rings (SSSR count). The van der Waals surface area contributed by atoms with Crippen LogP contribution in [0.2, 0.25) is 0 Å². The van der Waals surface area contributed by atoms with E-state index in [0.717, 1.165) is 28.9 Å². The second kappa shape index (κ2) is 11.0. The molecule has 0 unspecified atom stereocenters. The molecule has 0 saturated carbocycles. The van der Waals surface area contributed by atoms with Crippen LogP contribution in [0.25, 0.3) is 0 Å². The lowest BCUT2D eigenvalue weighted by Crippen LogP contribution is -2.20. The van der Waals surface area contributed by atoms with Crippen molar-refractivity contribution in [1.82, 2.24) is 5.32 Å². The lowest BCUT2D eigenvalue weighted by molar-refractivity contribution is -0.116. The van der Waals surface area contributed by atoms with Gasteiger partial charge < -0.3 is 24.3 Å². The van der Waals surface area contributed by atoms with E-state index >= 15 is 0 Å². The normalized spacial score (nSPS) is 10.3. The van der Waals surface area contributed by atoms with Crippen LogP contribution in [0.1, 0.15) is 16.7 Å². The van der Waals surface area contributed by atoms with Crippen LogP contribution in [0.3, 0.4) is 0 Å². The Bertz CT molecular complexity index is 743. The van der Waals surface area contributed by atoms with Crippen molar-refractivity contribution in [2.24, 2.45) is 0 Å². The SMILES string of the molecule is C=CC(=O)NCc1cc(Cc2ccc(OCOC)cc2)cc(OCOC)c1. The Labute approximate surface area is 159 Å². The number of carbonyl (C=O) groups excluding carboxylic acids is 1. The highest BCUT2D eigenvalue weighted by Gasteiger charge is 2.06. The van der Waals surface area contributed by atoms with Crippen molar-refractivity contribution in [2.45, 2.75) is 13.0 Å². The molecule has 27 heavy (non-hydrogen) atoms. The molecule has 0 heterocycles. The quantitative estimate of drug-likeness (QED) is 0.486. The predicted octanol–water partition coefficient (Wildman–Crippen LogP) is 3.05. The number of hydrogen-bond donors (Lipinski definition) is 1. The average molecular weight is 371 g/mol. The van der Waals surface area contributed by atoms with Crippen LogP contribution in [0.5, 0.6) is 11.5 Å². The first-order valence-electron chi connectivity index (χ1n) is 8.50. The van der Waals surface area contributed by atoms with E-state index in [4.69, 9.17) is 18.9 Å². The van der Waals surface area contributed by atoms with Crippen molar-refractivity contribution in [3.8, 4) is 11.5 Å². The Morgan fingerprint density at radius 3 is 2.19 bits per heavy atom. The Morgan fingerprint density at radius 2 is 1.56 bits per heavy atom. The van der Waals surface area contributed by atoms with Crippen molar-refractivity contribution in [3.05, 3.63) is 71.8 Å². The second-order valence-electron chi connectivity index (χ2n) is 5.83. The minimum absolute atomic E-state index is 0.160. The van der Waals surface area contributed by atoms with Gasteiger partial charge in [-0.1, -0.05) is 24.8 Å². The number of ether oxygens (including phenoxy) is 4. The summed E-state index contributed by atoms with van der Waals surface area (Å²) in [4.78, 5) is 11.4. The maximum absolute atomic E-state index is 11.4. The number of amides is 1. The van der Waals surface area contributed by atoms with E-state index in [0.29, 0.717) is 12.3 Å². The summed E-state index contributed by atoms with van der Waals surface area (Å²) in [6, 6.07) is 13.7. The molecule has 144 valence electrons. The Balaban J connectivity index is 2.12. The molecule has 0 bridgehead atoms. The van der Waals surface area contributed by atoms with Crippen LogP contribution in [-0.4, -0.2) is 33.7 Å². The summed E-state index contributed by atoms with van der Waals surface area (Å²) in [6.07, 6.45) is 1.97. The number of rotatable bonds is 11. The topological polar surface area (TPSA) is 66.0 Å². The molecule has 6 heteroatoms. The van der Waals surface area contributed by atoms with Gasteiger partial charge in [0.25, 0.3) is 0 Å². The molecular weight excluding hydrogens is 346 g/mol. The molecule has 0 aliphatic heterocycles. The van der Waals surface area contributed by atoms with E-state index < -0.39 is 0 Å². The standard InChI is InChI=1S/C21H25NO5/c1-4-21(23)22-13-18-10-17(11-20(12-18)27-15-25-3)9-16-5-7-19(8-6-16)26-14-24-2/h4-8,10-12H,1,9,13-15H2,2-3H3,(H,22,23). The van der Waals surface area contributed by atoms with Crippen molar-refractivity contribution in [2.75, 3.05) is 27.8 Å². The predicted molar refractivity (Wildman–Crippen MR) is 103 cm³/mol. The number of benzene rings is 2. The van der Waals surface area contributed by atoms with Gasteiger partial charge in [0.15, 0.2) is 13.6 Å². The molecule has 0 fully saturated rings. The van der Waals surface area contributed by atoms with Crippen molar-refractivity contribution in [3.63, 3.8) is 0 Å². The van der Waals surface area contributed by atoms with E-state index in [1.165, 1.54) is 6.08 Å². The maximum atomic E-state index is 11.4. The molecule has 6 nitrogen and oxygen atoms in total. The van der Waals surface area contributed by atoms with Crippen LogP contribution in [0.15, 0.2) is 55.1 Å². The van der Waals surface area contributed by atoms with Crippen molar-refractivity contribution in [1.29, 1.82) is 0 Å².